The van der Waals surface area contributed by atoms with Gasteiger partial charge in [0.05, 0.1) is 23.2 Å². The Morgan fingerprint density at radius 1 is 1.37 bits per heavy atom. The second-order valence-electron chi connectivity index (χ2n) is 6.58. The fourth-order valence-corrected chi connectivity index (χ4v) is 4.16. The molecule has 3 aromatic rings. The Bertz CT molecular complexity index is 1260. The van der Waals surface area contributed by atoms with E-state index in [1.165, 1.54) is 22.5 Å². The number of halogens is 2. The van der Waals surface area contributed by atoms with Crippen LogP contribution < -0.4 is 0 Å². The molecule has 1 aromatic heterocycles. The molecule has 0 aliphatic carbocycles. The average Bonchev–Trinajstić information content (AvgIpc) is 3.06. The lowest BCUT2D eigenvalue weighted by Crippen LogP contribution is -2.09. The van der Waals surface area contributed by atoms with Crippen molar-refractivity contribution in [2.75, 3.05) is 6.61 Å². The SMILES string of the molecule is CCOC(=O)c1c(-c2cc(C)cc(/C=C/C#N)c2C)c2c(F)c(Cl)ccc2n1P=O. The zero-order valence-electron chi connectivity index (χ0n) is 16.5. The van der Waals surface area contributed by atoms with Crippen LogP contribution in [0.15, 0.2) is 30.3 Å². The summed E-state index contributed by atoms with van der Waals surface area (Å²) in [5, 5.41) is 8.86. The van der Waals surface area contributed by atoms with E-state index in [2.05, 4.69) is 0 Å². The average molecular weight is 443 g/mol. The van der Waals surface area contributed by atoms with E-state index >= 15 is 4.39 Å². The Labute approximate surface area is 179 Å². The molecule has 0 unspecified atom stereocenters. The van der Waals surface area contributed by atoms with E-state index in [-0.39, 0.29) is 33.8 Å². The van der Waals surface area contributed by atoms with Crippen LogP contribution in [-0.4, -0.2) is 16.9 Å². The van der Waals surface area contributed by atoms with E-state index in [0.29, 0.717) is 5.56 Å². The van der Waals surface area contributed by atoms with Gasteiger partial charge in [0.2, 0.25) is 0 Å². The van der Waals surface area contributed by atoms with Crippen molar-refractivity contribution < 1.29 is 18.5 Å². The van der Waals surface area contributed by atoms with Gasteiger partial charge in [0.1, 0.15) is 5.69 Å². The van der Waals surface area contributed by atoms with Crippen LogP contribution in [0, 0.1) is 31.0 Å². The molecule has 0 fully saturated rings. The zero-order valence-corrected chi connectivity index (χ0v) is 18.1. The molecule has 8 heteroatoms. The number of aromatic nitrogens is 1. The molecule has 0 N–H and O–H groups in total. The molecular weight excluding hydrogens is 426 g/mol. The molecule has 1 heterocycles. The fraction of sp³-hybridized carbons (Fsp3) is 0.182. The summed E-state index contributed by atoms with van der Waals surface area (Å²) in [6.07, 6.45) is 2.99. The standard InChI is InChI=1S/C22H17ClFN2O3P/c1-4-29-22(27)21-18(15-11-12(2)10-14(13(15)3)6-5-9-25)19-17(26(21)30-28)8-7-16(23)20(19)24/h5-8,10-11H,4H2,1-3H3/b6-5+. The number of aryl methyl sites for hydroxylation is 1. The zero-order chi connectivity index (χ0) is 22.0. The third-order valence-electron chi connectivity index (χ3n) is 4.75. The summed E-state index contributed by atoms with van der Waals surface area (Å²) in [5.41, 5.74) is 3.33. The summed E-state index contributed by atoms with van der Waals surface area (Å²) in [6.45, 7) is 5.41. The Balaban J connectivity index is 2.54. The highest BCUT2D eigenvalue weighted by Crippen LogP contribution is 2.42. The summed E-state index contributed by atoms with van der Waals surface area (Å²) in [7, 11) is -0.517. The lowest BCUT2D eigenvalue weighted by Gasteiger charge is -2.13. The molecular formula is C22H17ClFN2O3P. The van der Waals surface area contributed by atoms with Crippen molar-refractivity contribution in [2.24, 2.45) is 0 Å². The lowest BCUT2D eigenvalue weighted by molar-refractivity contribution is 0.0520. The van der Waals surface area contributed by atoms with Gasteiger partial charge in [-0.2, -0.15) is 5.26 Å². The predicted molar refractivity (Wildman–Crippen MR) is 115 cm³/mol. The van der Waals surface area contributed by atoms with Gasteiger partial charge in [0, 0.05) is 17.0 Å². The minimum Gasteiger partial charge on any atom is -0.461 e. The van der Waals surface area contributed by atoms with Gasteiger partial charge < -0.3 is 4.74 Å². The third kappa shape index (κ3) is 3.63. The number of nitrogens with zero attached hydrogens (tertiary/aromatic N) is 2. The van der Waals surface area contributed by atoms with E-state index in [4.69, 9.17) is 21.6 Å². The van der Waals surface area contributed by atoms with Crippen LogP contribution in [0.2, 0.25) is 5.02 Å². The summed E-state index contributed by atoms with van der Waals surface area (Å²) >= 11 is 6.04. The van der Waals surface area contributed by atoms with Crippen LogP contribution in [0.3, 0.4) is 0 Å². The van der Waals surface area contributed by atoms with E-state index in [0.717, 1.165) is 16.7 Å². The van der Waals surface area contributed by atoms with Gasteiger partial charge in [0.15, 0.2) is 5.82 Å². The van der Waals surface area contributed by atoms with Gasteiger partial charge in [-0.25, -0.2) is 13.8 Å². The smallest absolute Gasteiger partial charge is 0.356 e. The molecule has 0 saturated carbocycles. The molecule has 0 atom stereocenters. The fourth-order valence-electron chi connectivity index (χ4n) is 3.48. The van der Waals surface area contributed by atoms with Crippen molar-refractivity contribution >= 4 is 43.2 Å². The third-order valence-corrected chi connectivity index (χ3v) is 5.62. The van der Waals surface area contributed by atoms with E-state index in [1.54, 1.807) is 19.9 Å². The molecule has 5 nitrogen and oxygen atoms in total. The molecule has 2 aromatic carbocycles. The Kier molecular flexibility index (Phi) is 6.36. The second-order valence-corrected chi connectivity index (χ2v) is 7.55. The summed E-state index contributed by atoms with van der Waals surface area (Å²) < 4.78 is 33.6. The van der Waals surface area contributed by atoms with Gasteiger partial charge in [-0.1, -0.05) is 23.7 Å². The summed E-state index contributed by atoms with van der Waals surface area (Å²) in [6, 6.07) is 8.50. The first-order chi connectivity index (χ1) is 14.3. The molecule has 0 saturated heterocycles. The van der Waals surface area contributed by atoms with Gasteiger partial charge in [-0.3, -0.25) is 4.34 Å². The second kappa shape index (κ2) is 8.79. The maximum Gasteiger partial charge on any atom is 0.356 e. The first kappa shape index (κ1) is 21.7. The topological polar surface area (TPSA) is 72.1 Å². The lowest BCUT2D eigenvalue weighted by atomic mass is 9.92. The molecule has 3 rings (SSSR count). The van der Waals surface area contributed by atoms with Crippen LogP contribution in [0.5, 0.6) is 0 Å². The Hall–Kier alpha value is -3.00. The number of nitriles is 1. The molecule has 0 aliphatic heterocycles. The van der Waals surface area contributed by atoms with Gasteiger partial charge >= 0.3 is 5.97 Å². The normalized spacial score (nSPS) is 11.3. The minimum absolute atomic E-state index is 0.0337. The number of hydrogen-bond donors (Lipinski definition) is 0. The highest BCUT2D eigenvalue weighted by atomic mass is 35.5. The first-order valence-electron chi connectivity index (χ1n) is 9.06. The highest BCUT2D eigenvalue weighted by molar-refractivity contribution is 7.22. The molecule has 0 aliphatic rings. The number of hydrogen-bond acceptors (Lipinski definition) is 4. The van der Waals surface area contributed by atoms with Crippen LogP contribution in [0.4, 0.5) is 4.39 Å². The van der Waals surface area contributed by atoms with Gasteiger partial charge in [0.25, 0.3) is 8.61 Å². The van der Waals surface area contributed by atoms with Crippen molar-refractivity contribution in [3.05, 3.63) is 63.6 Å². The van der Waals surface area contributed by atoms with Crippen molar-refractivity contribution in [2.45, 2.75) is 20.8 Å². The highest BCUT2D eigenvalue weighted by Gasteiger charge is 2.29. The van der Waals surface area contributed by atoms with Crippen molar-refractivity contribution in [3.8, 4) is 17.2 Å². The number of fused-ring (bicyclic) bond motifs is 1. The molecule has 0 spiro atoms. The number of carbonyl (C=O) groups excluding carboxylic acids is 1. The monoisotopic (exact) mass is 442 g/mol. The van der Waals surface area contributed by atoms with Gasteiger partial charge in [-0.15, -0.1) is 0 Å². The molecule has 0 bridgehead atoms. The number of rotatable bonds is 5. The quantitative estimate of drug-likeness (QED) is 0.257. The number of esters is 1. The van der Waals surface area contributed by atoms with E-state index in [1.807, 2.05) is 25.1 Å². The molecule has 30 heavy (non-hydrogen) atoms. The Morgan fingerprint density at radius 3 is 2.73 bits per heavy atom. The number of benzene rings is 2. The largest absolute Gasteiger partial charge is 0.461 e. The predicted octanol–water partition coefficient (Wildman–Crippen LogP) is 6.49. The van der Waals surface area contributed by atoms with Crippen molar-refractivity contribution in [1.29, 1.82) is 5.26 Å². The van der Waals surface area contributed by atoms with Gasteiger partial charge in [-0.05, 0) is 61.2 Å². The number of carbonyl (C=O) groups is 1. The molecule has 0 radical (unpaired) electrons. The molecule has 0 amide bonds. The number of ether oxygens (including phenoxy) is 1. The maximum atomic E-state index is 15.2. The van der Waals surface area contributed by atoms with E-state index < -0.39 is 20.4 Å². The minimum atomic E-state index is -0.724. The summed E-state index contributed by atoms with van der Waals surface area (Å²) in [4.78, 5) is 12.8. The molecule has 152 valence electrons. The van der Waals surface area contributed by atoms with E-state index in [9.17, 15) is 9.36 Å². The first-order valence-corrected chi connectivity index (χ1v) is 10.2. The van der Waals surface area contributed by atoms with Crippen LogP contribution in [-0.2, 0) is 9.30 Å². The van der Waals surface area contributed by atoms with Crippen LogP contribution in [0.25, 0.3) is 28.1 Å². The van der Waals surface area contributed by atoms with Crippen molar-refractivity contribution in [1.82, 2.24) is 4.34 Å². The summed E-state index contributed by atoms with van der Waals surface area (Å²) in [5.74, 6) is -1.44. The van der Waals surface area contributed by atoms with Crippen molar-refractivity contribution in [3.63, 3.8) is 0 Å². The van der Waals surface area contributed by atoms with Crippen LogP contribution >= 0.6 is 20.2 Å². The maximum absolute atomic E-state index is 15.2. The Morgan fingerprint density at radius 2 is 2.10 bits per heavy atom. The number of allylic oxidation sites excluding steroid dienone is 1. The van der Waals surface area contributed by atoms with Crippen LogP contribution in [0.1, 0.15) is 34.1 Å².